The van der Waals surface area contributed by atoms with Crippen molar-refractivity contribution < 1.29 is 4.39 Å². The van der Waals surface area contributed by atoms with E-state index in [1.165, 1.54) is 12.1 Å². The lowest BCUT2D eigenvalue weighted by molar-refractivity contribution is 0.624. The first-order valence-electron chi connectivity index (χ1n) is 6.13. The lowest BCUT2D eigenvalue weighted by atomic mass is 10.1. The normalized spacial score (nSPS) is 10.6. The summed E-state index contributed by atoms with van der Waals surface area (Å²) in [6, 6.07) is 16.6. The minimum Gasteiger partial charge on any atom is -0.268 e. The van der Waals surface area contributed by atoms with E-state index in [9.17, 15) is 4.39 Å². The van der Waals surface area contributed by atoms with Crippen LogP contribution < -0.4 is 0 Å². The fourth-order valence-corrected chi connectivity index (χ4v) is 2.01. The minimum absolute atomic E-state index is 0.214. The summed E-state index contributed by atoms with van der Waals surface area (Å²) >= 11 is 0. The van der Waals surface area contributed by atoms with Crippen LogP contribution in [0.25, 0.3) is 11.1 Å². The van der Waals surface area contributed by atoms with Crippen molar-refractivity contribution in [1.82, 2.24) is 9.78 Å². The van der Waals surface area contributed by atoms with E-state index in [1.54, 1.807) is 12.1 Å². The fraction of sp³-hybridized carbons (Fsp3) is 0.0625. The minimum atomic E-state index is -0.214. The Morgan fingerprint density at radius 3 is 2.37 bits per heavy atom. The van der Waals surface area contributed by atoms with Crippen molar-refractivity contribution in [3.63, 3.8) is 0 Å². The van der Waals surface area contributed by atoms with Crippen LogP contribution in [0.15, 0.2) is 67.0 Å². The number of hydrogen-bond donors (Lipinski definition) is 0. The van der Waals surface area contributed by atoms with Crippen molar-refractivity contribution in [3.8, 4) is 11.1 Å². The van der Waals surface area contributed by atoms with E-state index in [2.05, 4.69) is 17.2 Å². The van der Waals surface area contributed by atoms with Crippen molar-refractivity contribution in [1.29, 1.82) is 0 Å². The van der Waals surface area contributed by atoms with Gasteiger partial charge in [-0.25, -0.2) is 4.39 Å². The average Bonchev–Trinajstić information content (AvgIpc) is 2.91. The molecule has 1 heterocycles. The van der Waals surface area contributed by atoms with Crippen LogP contribution in [-0.2, 0) is 6.54 Å². The molecule has 0 saturated carbocycles. The molecule has 0 bridgehead atoms. The summed E-state index contributed by atoms with van der Waals surface area (Å²) in [6.07, 6.45) is 3.84. The summed E-state index contributed by atoms with van der Waals surface area (Å²) < 4.78 is 14.7. The summed E-state index contributed by atoms with van der Waals surface area (Å²) in [7, 11) is 0. The van der Waals surface area contributed by atoms with Gasteiger partial charge in [-0.3, -0.25) is 4.68 Å². The zero-order chi connectivity index (χ0) is 13.1. The quantitative estimate of drug-likeness (QED) is 0.694. The van der Waals surface area contributed by atoms with Crippen molar-refractivity contribution in [2.45, 2.75) is 6.54 Å². The SMILES string of the molecule is Fc1ccc(Cn2cc(-c3ccccc3)cn2)cc1. The number of rotatable bonds is 3. The number of aromatic nitrogens is 2. The van der Waals surface area contributed by atoms with Crippen LogP contribution in [0.4, 0.5) is 4.39 Å². The lowest BCUT2D eigenvalue weighted by Crippen LogP contribution is -1.99. The molecule has 0 aliphatic rings. The Labute approximate surface area is 111 Å². The second-order valence-corrected chi connectivity index (χ2v) is 4.42. The Kier molecular flexibility index (Phi) is 3.11. The van der Waals surface area contributed by atoms with Crippen LogP contribution in [0.3, 0.4) is 0 Å². The fourth-order valence-electron chi connectivity index (χ4n) is 2.01. The number of nitrogens with zero attached hydrogens (tertiary/aromatic N) is 2. The van der Waals surface area contributed by atoms with Gasteiger partial charge in [-0.15, -0.1) is 0 Å². The van der Waals surface area contributed by atoms with Gasteiger partial charge >= 0.3 is 0 Å². The first kappa shape index (κ1) is 11.7. The molecule has 3 heteroatoms. The molecule has 0 saturated heterocycles. The van der Waals surface area contributed by atoms with Gasteiger partial charge in [0.2, 0.25) is 0 Å². The van der Waals surface area contributed by atoms with Crippen LogP contribution >= 0.6 is 0 Å². The predicted molar refractivity (Wildman–Crippen MR) is 73.2 cm³/mol. The standard InChI is InChI=1S/C16H13FN2/c17-16-8-6-13(7-9-16)11-19-12-15(10-18-19)14-4-2-1-3-5-14/h1-10,12H,11H2. The Hall–Kier alpha value is -2.42. The van der Waals surface area contributed by atoms with Crippen LogP contribution in [0, 0.1) is 5.82 Å². The number of hydrogen-bond acceptors (Lipinski definition) is 1. The van der Waals surface area contributed by atoms with E-state index in [0.29, 0.717) is 6.54 Å². The maximum atomic E-state index is 12.8. The van der Waals surface area contributed by atoms with Crippen molar-refractivity contribution in [2.24, 2.45) is 0 Å². The highest BCUT2D eigenvalue weighted by molar-refractivity contribution is 5.61. The predicted octanol–water partition coefficient (Wildman–Crippen LogP) is 3.74. The molecule has 0 atom stereocenters. The van der Waals surface area contributed by atoms with Crippen molar-refractivity contribution in [2.75, 3.05) is 0 Å². The van der Waals surface area contributed by atoms with Crippen LogP contribution in [0.2, 0.25) is 0 Å². The highest BCUT2D eigenvalue weighted by Crippen LogP contribution is 2.18. The molecule has 94 valence electrons. The molecule has 0 spiro atoms. The van der Waals surface area contributed by atoms with Gasteiger partial charge in [-0.2, -0.15) is 5.10 Å². The van der Waals surface area contributed by atoms with E-state index >= 15 is 0 Å². The second kappa shape index (κ2) is 5.06. The first-order valence-corrected chi connectivity index (χ1v) is 6.13. The number of benzene rings is 2. The monoisotopic (exact) mass is 252 g/mol. The Morgan fingerprint density at radius 1 is 0.895 bits per heavy atom. The molecule has 0 aliphatic carbocycles. The average molecular weight is 252 g/mol. The molecule has 3 rings (SSSR count). The molecular weight excluding hydrogens is 239 g/mol. The topological polar surface area (TPSA) is 17.8 Å². The maximum Gasteiger partial charge on any atom is 0.123 e. The Morgan fingerprint density at radius 2 is 1.63 bits per heavy atom. The molecule has 0 unspecified atom stereocenters. The molecule has 0 radical (unpaired) electrons. The van der Waals surface area contributed by atoms with Crippen LogP contribution in [0.1, 0.15) is 5.56 Å². The summed E-state index contributed by atoms with van der Waals surface area (Å²) in [4.78, 5) is 0. The molecule has 0 aliphatic heterocycles. The molecule has 0 fully saturated rings. The van der Waals surface area contributed by atoms with Crippen LogP contribution in [-0.4, -0.2) is 9.78 Å². The third-order valence-corrected chi connectivity index (χ3v) is 3.00. The largest absolute Gasteiger partial charge is 0.268 e. The van der Waals surface area contributed by atoms with Crippen molar-refractivity contribution in [3.05, 3.63) is 78.4 Å². The zero-order valence-electron chi connectivity index (χ0n) is 10.3. The molecule has 2 nitrogen and oxygen atoms in total. The third-order valence-electron chi connectivity index (χ3n) is 3.00. The molecule has 19 heavy (non-hydrogen) atoms. The Bertz CT molecular complexity index is 657. The maximum absolute atomic E-state index is 12.8. The highest BCUT2D eigenvalue weighted by Gasteiger charge is 2.02. The number of halogens is 1. The Balaban J connectivity index is 1.80. The van der Waals surface area contributed by atoms with Gasteiger partial charge in [-0.05, 0) is 23.3 Å². The summed E-state index contributed by atoms with van der Waals surface area (Å²) in [5, 5.41) is 4.33. The first-order chi connectivity index (χ1) is 9.31. The second-order valence-electron chi connectivity index (χ2n) is 4.42. The van der Waals surface area contributed by atoms with Gasteiger partial charge in [-0.1, -0.05) is 42.5 Å². The van der Waals surface area contributed by atoms with E-state index in [0.717, 1.165) is 16.7 Å². The third kappa shape index (κ3) is 2.71. The van der Waals surface area contributed by atoms with Gasteiger partial charge in [0, 0.05) is 11.8 Å². The van der Waals surface area contributed by atoms with Gasteiger partial charge in [0.05, 0.1) is 12.7 Å². The van der Waals surface area contributed by atoms with E-state index in [1.807, 2.05) is 35.3 Å². The lowest BCUT2D eigenvalue weighted by Gasteiger charge is -2.01. The summed E-state index contributed by atoms with van der Waals surface area (Å²) in [5.41, 5.74) is 3.26. The highest BCUT2D eigenvalue weighted by atomic mass is 19.1. The smallest absolute Gasteiger partial charge is 0.123 e. The summed E-state index contributed by atoms with van der Waals surface area (Å²) in [5.74, 6) is -0.214. The molecule has 3 aromatic rings. The van der Waals surface area contributed by atoms with E-state index in [4.69, 9.17) is 0 Å². The molecular formula is C16H13FN2. The van der Waals surface area contributed by atoms with E-state index < -0.39 is 0 Å². The van der Waals surface area contributed by atoms with Crippen LogP contribution in [0.5, 0.6) is 0 Å². The van der Waals surface area contributed by atoms with Gasteiger partial charge in [0.25, 0.3) is 0 Å². The molecule has 0 N–H and O–H groups in total. The zero-order valence-corrected chi connectivity index (χ0v) is 10.3. The van der Waals surface area contributed by atoms with Gasteiger partial charge in [0.15, 0.2) is 0 Å². The van der Waals surface area contributed by atoms with Gasteiger partial charge in [0.1, 0.15) is 5.82 Å². The molecule has 1 aromatic heterocycles. The van der Waals surface area contributed by atoms with Crippen molar-refractivity contribution >= 4 is 0 Å². The molecule has 2 aromatic carbocycles. The van der Waals surface area contributed by atoms with E-state index in [-0.39, 0.29) is 5.82 Å². The summed E-state index contributed by atoms with van der Waals surface area (Å²) in [6.45, 7) is 0.646. The van der Waals surface area contributed by atoms with Gasteiger partial charge < -0.3 is 0 Å². The molecule has 0 amide bonds.